The minimum atomic E-state index is -0.0367. The van der Waals surface area contributed by atoms with Crippen molar-refractivity contribution < 1.29 is 9.21 Å². The third-order valence-electron chi connectivity index (χ3n) is 3.64. The Kier molecular flexibility index (Phi) is 4.19. The average Bonchev–Trinajstić information content (AvgIpc) is 2.96. The minimum absolute atomic E-state index is 0.0367. The number of hydrogen-bond donors (Lipinski definition) is 0. The molecule has 23 heavy (non-hydrogen) atoms. The van der Waals surface area contributed by atoms with Gasteiger partial charge in [-0.1, -0.05) is 18.2 Å². The lowest BCUT2D eigenvalue weighted by Crippen LogP contribution is -2.28. The molecule has 0 N–H and O–H groups in total. The molecule has 2 aromatic heterocycles. The Balaban J connectivity index is 1.78. The van der Waals surface area contributed by atoms with Crippen molar-refractivity contribution in [1.82, 2.24) is 9.97 Å². The van der Waals surface area contributed by atoms with E-state index in [2.05, 4.69) is 9.97 Å². The van der Waals surface area contributed by atoms with Gasteiger partial charge >= 0.3 is 0 Å². The molecule has 1 aromatic carbocycles. The number of benzene rings is 1. The highest BCUT2D eigenvalue weighted by Gasteiger charge is 2.17. The number of aryl methyl sites for hydroxylation is 1. The van der Waals surface area contributed by atoms with Crippen LogP contribution < -0.4 is 4.90 Å². The first-order valence-electron chi connectivity index (χ1n) is 7.33. The zero-order valence-corrected chi connectivity index (χ0v) is 13.1. The van der Waals surface area contributed by atoms with Crippen LogP contribution in [0.1, 0.15) is 11.5 Å². The number of carbonyl (C=O) groups is 1. The summed E-state index contributed by atoms with van der Waals surface area (Å²) >= 11 is 0. The fourth-order valence-electron chi connectivity index (χ4n) is 2.26. The number of pyridine rings is 1. The van der Waals surface area contributed by atoms with Gasteiger partial charge in [0.1, 0.15) is 5.76 Å². The van der Waals surface area contributed by atoms with Crippen LogP contribution in [0.25, 0.3) is 11.5 Å². The van der Waals surface area contributed by atoms with E-state index in [1.807, 2.05) is 49.4 Å². The molecule has 5 heteroatoms. The SMILES string of the molecule is Cc1oc(-c2cccnc2)nc1CC(=O)N(C)c1ccccc1. The van der Waals surface area contributed by atoms with Crippen LogP contribution in [0.5, 0.6) is 0 Å². The molecule has 0 radical (unpaired) electrons. The van der Waals surface area contributed by atoms with Crippen LogP contribution in [0.2, 0.25) is 0 Å². The smallest absolute Gasteiger partial charge is 0.232 e. The van der Waals surface area contributed by atoms with Crippen LogP contribution in [-0.2, 0) is 11.2 Å². The lowest BCUT2D eigenvalue weighted by molar-refractivity contribution is -0.117. The molecule has 2 heterocycles. The van der Waals surface area contributed by atoms with E-state index in [1.165, 1.54) is 0 Å². The molecule has 0 saturated heterocycles. The number of nitrogens with zero attached hydrogens (tertiary/aromatic N) is 3. The summed E-state index contributed by atoms with van der Waals surface area (Å²) in [6.07, 6.45) is 3.58. The van der Waals surface area contributed by atoms with Crippen molar-refractivity contribution in [2.24, 2.45) is 0 Å². The number of oxazole rings is 1. The van der Waals surface area contributed by atoms with Gasteiger partial charge in [-0.15, -0.1) is 0 Å². The van der Waals surface area contributed by atoms with E-state index in [-0.39, 0.29) is 12.3 Å². The Morgan fingerprint density at radius 2 is 1.96 bits per heavy atom. The number of likely N-dealkylation sites (N-methyl/N-ethyl adjacent to an activating group) is 1. The van der Waals surface area contributed by atoms with E-state index in [0.717, 1.165) is 11.3 Å². The normalized spacial score (nSPS) is 10.5. The second-order valence-corrected chi connectivity index (χ2v) is 5.23. The second-order valence-electron chi connectivity index (χ2n) is 5.23. The van der Waals surface area contributed by atoms with E-state index in [1.54, 1.807) is 24.3 Å². The summed E-state index contributed by atoms with van der Waals surface area (Å²) in [4.78, 5) is 22.6. The number of aromatic nitrogens is 2. The molecule has 0 spiro atoms. The third-order valence-corrected chi connectivity index (χ3v) is 3.64. The van der Waals surface area contributed by atoms with Crippen LogP contribution >= 0.6 is 0 Å². The summed E-state index contributed by atoms with van der Waals surface area (Å²) in [5, 5.41) is 0. The van der Waals surface area contributed by atoms with Gasteiger partial charge in [0, 0.05) is 25.1 Å². The summed E-state index contributed by atoms with van der Waals surface area (Å²) in [6.45, 7) is 1.82. The number of rotatable bonds is 4. The minimum Gasteiger partial charge on any atom is -0.441 e. The van der Waals surface area contributed by atoms with Gasteiger partial charge < -0.3 is 9.32 Å². The molecule has 0 bridgehead atoms. The molecule has 0 fully saturated rings. The Labute approximate surface area is 134 Å². The van der Waals surface area contributed by atoms with E-state index in [4.69, 9.17) is 4.42 Å². The van der Waals surface area contributed by atoms with Crippen molar-refractivity contribution in [2.45, 2.75) is 13.3 Å². The maximum Gasteiger partial charge on any atom is 0.232 e. The van der Waals surface area contributed by atoms with Crippen LogP contribution in [0.4, 0.5) is 5.69 Å². The summed E-state index contributed by atoms with van der Waals surface area (Å²) in [6, 6.07) is 13.2. The molecule has 0 unspecified atom stereocenters. The Morgan fingerprint density at radius 3 is 2.65 bits per heavy atom. The average molecular weight is 307 g/mol. The summed E-state index contributed by atoms with van der Waals surface area (Å²) in [5.74, 6) is 1.10. The summed E-state index contributed by atoms with van der Waals surface area (Å²) < 4.78 is 5.67. The largest absolute Gasteiger partial charge is 0.441 e. The van der Waals surface area contributed by atoms with Gasteiger partial charge in [0.2, 0.25) is 11.8 Å². The second kappa shape index (κ2) is 6.44. The Hall–Kier alpha value is -2.95. The number of carbonyl (C=O) groups excluding carboxylic acids is 1. The van der Waals surface area contributed by atoms with Gasteiger partial charge in [-0.2, -0.15) is 0 Å². The zero-order chi connectivity index (χ0) is 16.2. The first-order chi connectivity index (χ1) is 11.1. The van der Waals surface area contributed by atoms with E-state index in [9.17, 15) is 4.79 Å². The molecular formula is C18H17N3O2. The molecule has 0 atom stereocenters. The number of anilines is 1. The predicted molar refractivity (Wildman–Crippen MR) is 88.0 cm³/mol. The molecule has 0 saturated carbocycles. The zero-order valence-electron chi connectivity index (χ0n) is 13.1. The monoisotopic (exact) mass is 307 g/mol. The molecule has 0 aliphatic carbocycles. The Morgan fingerprint density at radius 1 is 1.17 bits per heavy atom. The maximum absolute atomic E-state index is 12.4. The fraction of sp³-hybridized carbons (Fsp3) is 0.167. The van der Waals surface area contributed by atoms with Gasteiger partial charge in [-0.05, 0) is 31.2 Å². The van der Waals surface area contributed by atoms with Crippen LogP contribution in [-0.4, -0.2) is 22.9 Å². The van der Waals surface area contributed by atoms with Crippen LogP contribution in [0.15, 0.2) is 59.3 Å². The van der Waals surface area contributed by atoms with Gasteiger partial charge in [-0.3, -0.25) is 9.78 Å². The fourth-order valence-corrected chi connectivity index (χ4v) is 2.26. The highest BCUT2D eigenvalue weighted by Crippen LogP contribution is 2.22. The van der Waals surface area contributed by atoms with Crippen molar-refractivity contribution >= 4 is 11.6 Å². The van der Waals surface area contributed by atoms with Crippen molar-refractivity contribution in [3.8, 4) is 11.5 Å². The lowest BCUT2D eigenvalue weighted by atomic mass is 10.2. The predicted octanol–water partition coefficient (Wildman–Crippen LogP) is 3.25. The quantitative estimate of drug-likeness (QED) is 0.742. The molecule has 116 valence electrons. The van der Waals surface area contributed by atoms with Gasteiger partial charge in [-0.25, -0.2) is 4.98 Å². The molecule has 0 aliphatic rings. The standard InChI is InChI=1S/C18H17N3O2/c1-13-16(20-18(23-13)14-7-6-10-19-12-14)11-17(22)21(2)15-8-4-3-5-9-15/h3-10,12H,11H2,1-2H3. The number of para-hydroxylation sites is 1. The van der Waals surface area contributed by atoms with E-state index >= 15 is 0 Å². The number of hydrogen-bond acceptors (Lipinski definition) is 4. The highest BCUT2D eigenvalue weighted by atomic mass is 16.4. The summed E-state index contributed by atoms with van der Waals surface area (Å²) in [7, 11) is 1.76. The van der Waals surface area contributed by atoms with Crippen molar-refractivity contribution in [2.75, 3.05) is 11.9 Å². The van der Waals surface area contributed by atoms with Gasteiger partial charge in [0.25, 0.3) is 0 Å². The third kappa shape index (κ3) is 3.29. The summed E-state index contributed by atoms with van der Waals surface area (Å²) in [5.41, 5.74) is 2.30. The topological polar surface area (TPSA) is 59.2 Å². The molecule has 5 nitrogen and oxygen atoms in total. The Bertz CT molecular complexity index is 798. The number of amides is 1. The van der Waals surface area contributed by atoms with Crippen molar-refractivity contribution in [3.05, 3.63) is 66.3 Å². The first-order valence-corrected chi connectivity index (χ1v) is 7.33. The van der Waals surface area contributed by atoms with Gasteiger partial charge in [0.05, 0.1) is 17.7 Å². The van der Waals surface area contributed by atoms with Crippen LogP contribution in [0, 0.1) is 6.92 Å². The van der Waals surface area contributed by atoms with Crippen LogP contribution in [0.3, 0.4) is 0 Å². The van der Waals surface area contributed by atoms with E-state index < -0.39 is 0 Å². The van der Waals surface area contributed by atoms with Crippen molar-refractivity contribution in [3.63, 3.8) is 0 Å². The lowest BCUT2D eigenvalue weighted by Gasteiger charge is -2.16. The molecular weight excluding hydrogens is 290 g/mol. The molecule has 3 rings (SSSR count). The van der Waals surface area contributed by atoms with Gasteiger partial charge in [0.15, 0.2) is 0 Å². The molecule has 3 aromatic rings. The maximum atomic E-state index is 12.4. The first kappa shape index (κ1) is 15.0. The van der Waals surface area contributed by atoms with Crippen molar-refractivity contribution in [1.29, 1.82) is 0 Å². The highest BCUT2D eigenvalue weighted by molar-refractivity contribution is 5.94. The molecule has 1 amide bonds. The van der Waals surface area contributed by atoms with E-state index in [0.29, 0.717) is 17.3 Å². The molecule has 0 aliphatic heterocycles.